The van der Waals surface area contributed by atoms with E-state index in [2.05, 4.69) is 25.5 Å². The number of hydrogen-bond donors (Lipinski definition) is 2. The molecule has 5 nitrogen and oxygen atoms in total. The van der Waals surface area contributed by atoms with Gasteiger partial charge < -0.3 is 15.5 Å². The lowest BCUT2D eigenvalue weighted by atomic mass is 10.1. The van der Waals surface area contributed by atoms with Crippen LogP contribution in [0.3, 0.4) is 0 Å². The number of rotatable bonds is 5. The van der Waals surface area contributed by atoms with E-state index >= 15 is 0 Å². The number of nitrogens with zero attached hydrogens (tertiary/aromatic N) is 3. The van der Waals surface area contributed by atoms with Crippen molar-refractivity contribution in [3.05, 3.63) is 59.0 Å². The van der Waals surface area contributed by atoms with Crippen molar-refractivity contribution in [3.63, 3.8) is 0 Å². The van der Waals surface area contributed by atoms with E-state index in [0.717, 1.165) is 49.4 Å². The molecular weight excluding hydrogens is 398 g/mol. The zero-order chi connectivity index (χ0) is 21.6. The molecule has 0 radical (unpaired) electrons. The predicted octanol–water partition coefficient (Wildman–Crippen LogP) is 4.10. The quantitative estimate of drug-likeness (QED) is 0.432. The molecule has 1 saturated heterocycles. The average molecular weight is 423 g/mol. The molecule has 30 heavy (non-hydrogen) atoms. The highest BCUT2D eigenvalue weighted by molar-refractivity contribution is 5.79. The van der Waals surface area contributed by atoms with Crippen molar-refractivity contribution < 1.29 is 17.6 Å². The number of piperidine rings is 1. The number of aliphatic imine (C=N–C) groups is 1. The lowest BCUT2D eigenvalue weighted by Gasteiger charge is -2.28. The first kappa shape index (κ1) is 21.9. The number of benzene rings is 1. The van der Waals surface area contributed by atoms with E-state index in [1.165, 1.54) is 13.5 Å². The summed E-state index contributed by atoms with van der Waals surface area (Å²) in [5.41, 5.74) is -0.0554. The second-order valence-corrected chi connectivity index (χ2v) is 7.15. The van der Waals surface area contributed by atoms with Gasteiger partial charge in [-0.25, -0.2) is 9.37 Å². The van der Waals surface area contributed by atoms with Crippen LogP contribution in [0.1, 0.15) is 36.0 Å². The first-order valence-electron chi connectivity index (χ1n) is 9.87. The summed E-state index contributed by atoms with van der Waals surface area (Å²) >= 11 is 0. The zero-order valence-electron chi connectivity index (χ0n) is 16.8. The van der Waals surface area contributed by atoms with E-state index in [4.69, 9.17) is 0 Å². The van der Waals surface area contributed by atoms with Crippen molar-refractivity contribution >= 4 is 11.8 Å². The fraction of sp³-hybridized carbons (Fsp3) is 0.429. The second-order valence-electron chi connectivity index (χ2n) is 7.15. The Kier molecular flexibility index (Phi) is 7.12. The van der Waals surface area contributed by atoms with Crippen molar-refractivity contribution in [2.45, 2.75) is 38.5 Å². The Labute approximate surface area is 173 Å². The first-order chi connectivity index (χ1) is 14.4. The number of anilines is 1. The van der Waals surface area contributed by atoms with Gasteiger partial charge in [-0.2, -0.15) is 13.2 Å². The van der Waals surface area contributed by atoms with Gasteiger partial charge in [0.1, 0.15) is 11.6 Å². The van der Waals surface area contributed by atoms with Crippen LogP contribution in [0.4, 0.5) is 23.4 Å². The summed E-state index contributed by atoms with van der Waals surface area (Å²) < 4.78 is 52.7. The van der Waals surface area contributed by atoms with Crippen molar-refractivity contribution in [1.29, 1.82) is 0 Å². The molecule has 1 aromatic carbocycles. The monoisotopic (exact) mass is 423 g/mol. The largest absolute Gasteiger partial charge is 0.416 e. The second kappa shape index (κ2) is 9.77. The van der Waals surface area contributed by atoms with Gasteiger partial charge in [-0.3, -0.25) is 4.99 Å². The SMILES string of the molecule is CN=C(NCc1ccnc(N2CCCCC2)c1)NCc1ccc(F)cc1C(F)(F)F. The summed E-state index contributed by atoms with van der Waals surface area (Å²) in [6, 6.07) is 6.54. The number of nitrogens with one attached hydrogen (secondary N) is 2. The molecule has 0 saturated carbocycles. The summed E-state index contributed by atoms with van der Waals surface area (Å²) in [4.78, 5) is 10.8. The Balaban J connectivity index is 1.60. The molecule has 1 aromatic heterocycles. The maximum Gasteiger partial charge on any atom is 0.416 e. The number of hydrogen-bond acceptors (Lipinski definition) is 3. The number of halogens is 4. The number of aromatic nitrogens is 1. The van der Waals surface area contributed by atoms with E-state index in [1.807, 2.05) is 12.1 Å². The van der Waals surface area contributed by atoms with Crippen molar-refractivity contribution in [2.24, 2.45) is 4.99 Å². The molecule has 2 heterocycles. The van der Waals surface area contributed by atoms with Crippen LogP contribution >= 0.6 is 0 Å². The van der Waals surface area contributed by atoms with E-state index in [9.17, 15) is 17.6 Å². The lowest BCUT2D eigenvalue weighted by molar-refractivity contribution is -0.138. The third-order valence-electron chi connectivity index (χ3n) is 5.00. The molecule has 0 unspecified atom stereocenters. The minimum Gasteiger partial charge on any atom is -0.357 e. The average Bonchev–Trinajstić information content (AvgIpc) is 2.75. The molecule has 2 N–H and O–H groups in total. The highest BCUT2D eigenvalue weighted by atomic mass is 19.4. The molecular formula is C21H25F4N5. The van der Waals surface area contributed by atoms with Gasteiger partial charge >= 0.3 is 6.18 Å². The van der Waals surface area contributed by atoms with Crippen LogP contribution in [-0.4, -0.2) is 31.1 Å². The van der Waals surface area contributed by atoms with Crippen LogP contribution in [0.15, 0.2) is 41.5 Å². The van der Waals surface area contributed by atoms with Crippen LogP contribution in [-0.2, 0) is 19.3 Å². The molecule has 1 fully saturated rings. The van der Waals surface area contributed by atoms with E-state index < -0.39 is 17.6 Å². The first-order valence-corrected chi connectivity index (χ1v) is 9.87. The molecule has 0 bridgehead atoms. The smallest absolute Gasteiger partial charge is 0.357 e. The lowest BCUT2D eigenvalue weighted by Crippen LogP contribution is -2.37. The Morgan fingerprint density at radius 1 is 1.07 bits per heavy atom. The fourth-order valence-electron chi connectivity index (χ4n) is 3.42. The predicted molar refractivity (Wildman–Crippen MR) is 109 cm³/mol. The van der Waals surface area contributed by atoms with Crippen molar-refractivity contribution in [2.75, 3.05) is 25.0 Å². The Morgan fingerprint density at radius 3 is 2.50 bits per heavy atom. The van der Waals surface area contributed by atoms with Crippen LogP contribution < -0.4 is 15.5 Å². The van der Waals surface area contributed by atoms with Gasteiger partial charge in [-0.1, -0.05) is 6.07 Å². The third-order valence-corrected chi connectivity index (χ3v) is 5.00. The summed E-state index contributed by atoms with van der Waals surface area (Å²) in [5.74, 6) is 0.359. The van der Waals surface area contributed by atoms with Gasteiger partial charge in [0.25, 0.3) is 0 Å². The summed E-state index contributed by atoms with van der Waals surface area (Å²) in [6.45, 7) is 2.29. The Morgan fingerprint density at radius 2 is 1.80 bits per heavy atom. The molecule has 1 aliphatic rings. The van der Waals surface area contributed by atoms with Crippen LogP contribution in [0.5, 0.6) is 0 Å². The van der Waals surface area contributed by atoms with Gasteiger partial charge in [0.2, 0.25) is 0 Å². The van der Waals surface area contributed by atoms with Crippen LogP contribution in [0.2, 0.25) is 0 Å². The molecule has 2 aromatic rings. The fourth-order valence-corrected chi connectivity index (χ4v) is 3.42. The molecule has 162 valence electrons. The maximum atomic E-state index is 13.3. The molecule has 0 amide bonds. The van der Waals surface area contributed by atoms with Crippen molar-refractivity contribution in [1.82, 2.24) is 15.6 Å². The molecule has 9 heteroatoms. The molecule has 0 atom stereocenters. The number of guanidine groups is 1. The highest BCUT2D eigenvalue weighted by Gasteiger charge is 2.33. The normalized spacial score (nSPS) is 15.2. The number of pyridine rings is 1. The minimum absolute atomic E-state index is 0.0526. The molecule has 3 rings (SSSR count). The summed E-state index contributed by atoms with van der Waals surface area (Å²) in [7, 11) is 1.54. The van der Waals surface area contributed by atoms with Gasteiger partial charge in [0.05, 0.1) is 5.56 Å². The number of alkyl halides is 3. The maximum absolute atomic E-state index is 13.3. The highest BCUT2D eigenvalue weighted by Crippen LogP contribution is 2.32. The summed E-state index contributed by atoms with van der Waals surface area (Å²) in [6.07, 6.45) is 0.682. The van der Waals surface area contributed by atoms with Gasteiger partial charge in [0, 0.05) is 39.4 Å². The van der Waals surface area contributed by atoms with E-state index in [-0.39, 0.29) is 12.1 Å². The molecule has 1 aliphatic heterocycles. The van der Waals surface area contributed by atoms with E-state index in [1.54, 1.807) is 6.20 Å². The van der Waals surface area contributed by atoms with Gasteiger partial charge in [-0.15, -0.1) is 0 Å². The Bertz CT molecular complexity index is 876. The van der Waals surface area contributed by atoms with Crippen LogP contribution in [0.25, 0.3) is 0 Å². The summed E-state index contributed by atoms with van der Waals surface area (Å²) in [5, 5.41) is 5.95. The van der Waals surface area contributed by atoms with Gasteiger partial charge in [0.15, 0.2) is 5.96 Å². The molecule has 0 spiro atoms. The topological polar surface area (TPSA) is 52.6 Å². The standard InChI is InChI=1S/C21H25F4N5/c1-26-20(29-14-16-5-6-17(22)12-18(16)21(23,24)25)28-13-15-7-8-27-19(11-15)30-9-3-2-4-10-30/h5-8,11-12H,2-4,9-10,13-14H2,1H3,(H2,26,28,29). The zero-order valence-corrected chi connectivity index (χ0v) is 16.8. The van der Waals surface area contributed by atoms with Crippen molar-refractivity contribution in [3.8, 4) is 0 Å². The minimum atomic E-state index is -4.63. The third kappa shape index (κ3) is 5.84. The Hall–Kier alpha value is -2.84. The van der Waals surface area contributed by atoms with Crippen LogP contribution in [0, 0.1) is 5.82 Å². The van der Waals surface area contributed by atoms with E-state index in [0.29, 0.717) is 18.6 Å². The molecule has 0 aliphatic carbocycles. The van der Waals surface area contributed by atoms with Gasteiger partial charge in [-0.05, 0) is 54.7 Å².